The summed E-state index contributed by atoms with van der Waals surface area (Å²) >= 11 is 0. The Bertz CT molecular complexity index is 711. The van der Waals surface area contributed by atoms with Crippen LogP contribution in [0.2, 0.25) is 0 Å². The zero-order valence-electron chi connectivity index (χ0n) is 12.0. The maximum Gasteiger partial charge on any atom is 0.264 e. The molecule has 0 N–H and O–H groups in total. The second-order valence-corrected chi connectivity index (χ2v) is 6.65. The number of hydrogen-bond acceptors (Lipinski definition) is 5. The van der Waals surface area contributed by atoms with Gasteiger partial charge in [0.25, 0.3) is 10.1 Å². The van der Waals surface area contributed by atoms with Crippen LogP contribution >= 0.6 is 0 Å². The van der Waals surface area contributed by atoms with Crippen LogP contribution < -0.4 is 0 Å². The molecular weight excluding hydrogens is 297 g/mol. The first-order valence-corrected chi connectivity index (χ1v) is 8.61. The summed E-state index contributed by atoms with van der Waals surface area (Å²) in [5, 5.41) is 4.78. The van der Waals surface area contributed by atoms with Crippen LogP contribution in [0, 0.1) is 5.82 Å². The quantitative estimate of drug-likeness (QED) is 0.734. The van der Waals surface area contributed by atoms with Gasteiger partial charge in [0.2, 0.25) is 0 Å². The second-order valence-electron chi connectivity index (χ2n) is 5.01. The summed E-state index contributed by atoms with van der Waals surface area (Å²) in [6.07, 6.45) is 3.28. The standard InChI is InChI=1S/C14H18FNO4S/c1-3-4-10(7-8-19-21(2,17)18)14-12-6-5-11(15)9-13(12)20-16-14/h5-6,9-10H,3-4,7-8H2,1-2H3. The number of aromatic nitrogens is 1. The summed E-state index contributed by atoms with van der Waals surface area (Å²) in [5.41, 5.74) is 1.12. The minimum Gasteiger partial charge on any atom is -0.356 e. The maximum atomic E-state index is 13.2. The Morgan fingerprint density at radius 2 is 2.14 bits per heavy atom. The van der Waals surface area contributed by atoms with Crippen molar-refractivity contribution in [3.8, 4) is 0 Å². The molecule has 5 nitrogen and oxygen atoms in total. The predicted molar refractivity (Wildman–Crippen MR) is 77.0 cm³/mol. The molecule has 7 heteroatoms. The molecular formula is C14H18FNO4S. The van der Waals surface area contributed by atoms with E-state index < -0.39 is 10.1 Å². The molecule has 0 aliphatic heterocycles. The monoisotopic (exact) mass is 315 g/mol. The molecule has 0 radical (unpaired) electrons. The van der Waals surface area contributed by atoms with Crippen LogP contribution in [0.25, 0.3) is 11.0 Å². The highest BCUT2D eigenvalue weighted by atomic mass is 32.2. The molecule has 1 atom stereocenters. The van der Waals surface area contributed by atoms with Gasteiger partial charge < -0.3 is 4.52 Å². The zero-order chi connectivity index (χ0) is 15.5. The number of nitrogens with zero attached hydrogens (tertiary/aromatic N) is 1. The summed E-state index contributed by atoms with van der Waals surface area (Å²) in [6, 6.07) is 4.29. The highest BCUT2D eigenvalue weighted by Gasteiger charge is 2.19. The van der Waals surface area contributed by atoms with Crippen molar-refractivity contribution in [2.75, 3.05) is 12.9 Å². The molecule has 1 heterocycles. The Hall–Kier alpha value is -1.47. The van der Waals surface area contributed by atoms with Crippen molar-refractivity contribution in [2.45, 2.75) is 32.1 Å². The zero-order valence-corrected chi connectivity index (χ0v) is 12.8. The van der Waals surface area contributed by atoms with Gasteiger partial charge in [0.1, 0.15) is 5.82 Å². The Balaban J connectivity index is 2.19. The van der Waals surface area contributed by atoms with Crippen LogP contribution in [0.1, 0.15) is 37.8 Å². The Kier molecular flexibility index (Phi) is 4.95. The van der Waals surface area contributed by atoms with Crippen LogP contribution in [0.4, 0.5) is 4.39 Å². The summed E-state index contributed by atoms with van der Waals surface area (Å²) in [6.45, 7) is 2.13. The summed E-state index contributed by atoms with van der Waals surface area (Å²) < 4.78 is 45.1. The fourth-order valence-electron chi connectivity index (χ4n) is 2.33. The number of fused-ring (bicyclic) bond motifs is 1. The first kappa shape index (κ1) is 15.9. The van der Waals surface area contributed by atoms with Gasteiger partial charge in [-0.15, -0.1) is 0 Å². The van der Waals surface area contributed by atoms with Crippen molar-refractivity contribution in [1.29, 1.82) is 0 Å². The lowest BCUT2D eigenvalue weighted by Crippen LogP contribution is -2.09. The first-order chi connectivity index (χ1) is 9.90. The van der Waals surface area contributed by atoms with Crippen LogP contribution in [0.5, 0.6) is 0 Å². The molecule has 0 amide bonds. The average molecular weight is 315 g/mol. The van der Waals surface area contributed by atoms with Crippen molar-refractivity contribution in [1.82, 2.24) is 5.16 Å². The third-order valence-corrected chi connectivity index (χ3v) is 3.84. The van der Waals surface area contributed by atoms with Gasteiger partial charge in [-0.2, -0.15) is 8.42 Å². The van der Waals surface area contributed by atoms with E-state index >= 15 is 0 Å². The van der Waals surface area contributed by atoms with E-state index in [-0.39, 0.29) is 18.3 Å². The van der Waals surface area contributed by atoms with Gasteiger partial charge in [-0.05, 0) is 25.0 Å². The van der Waals surface area contributed by atoms with Crippen molar-refractivity contribution >= 4 is 21.1 Å². The molecule has 0 saturated carbocycles. The first-order valence-electron chi connectivity index (χ1n) is 6.80. The van der Waals surface area contributed by atoms with E-state index in [4.69, 9.17) is 8.71 Å². The van der Waals surface area contributed by atoms with E-state index in [1.807, 2.05) is 6.92 Å². The Labute approximate surface area is 123 Å². The van der Waals surface area contributed by atoms with E-state index in [1.54, 1.807) is 6.07 Å². The Morgan fingerprint density at radius 1 is 1.38 bits per heavy atom. The predicted octanol–water partition coefficient (Wildman–Crippen LogP) is 3.22. The molecule has 0 aliphatic carbocycles. The fraction of sp³-hybridized carbons (Fsp3) is 0.500. The normalized spacial score (nSPS) is 13.7. The molecule has 2 rings (SSSR count). The van der Waals surface area contributed by atoms with Gasteiger partial charge >= 0.3 is 0 Å². The summed E-state index contributed by atoms with van der Waals surface area (Å²) in [4.78, 5) is 0. The number of halogens is 1. The van der Waals surface area contributed by atoms with Gasteiger partial charge in [-0.3, -0.25) is 4.18 Å². The molecule has 0 spiro atoms. The molecule has 21 heavy (non-hydrogen) atoms. The largest absolute Gasteiger partial charge is 0.356 e. The van der Waals surface area contributed by atoms with Crippen molar-refractivity contribution in [3.05, 3.63) is 29.7 Å². The van der Waals surface area contributed by atoms with Crippen LogP contribution in [-0.4, -0.2) is 26.4 Å². The third kappa shape index (κ3) is 4.25. The molecule has 0 saturated heterocycles. The van der Waals surface area contributed by atoms with Gasteiger partial charge in [0, 0.05) is 17.4 Å². The van der Waals surface area contributed by atoms with E-state index in [0.717, 1.165) is 30.2 Å². The lowest BCUT2D eigenvalue weighted by molar-refractivity contribution is 0.296. The lowest BCUT2D eigenvalue weighted by Gasteiger charge is -2.13. The van der Waals surface area contributed by atoms with Gasteiger partial charge in [0.05, 0.1) is 18.6 Å². The lowest BCUT2D eigenvalue weighted by atomic mass is 9.94. The molecule has 1 aromatic carbocycles. The second kappa shape index (κ2) is 6.53. The topological polar surface area (TPSA) is 69.4 Å². The van der Waals surface area contributed by atoms with E-state index in [1.165, 1.54) is 12.1 Å². The minimum atomic E-state index is -3.45. The van der Waals surface area contributed by atoms with Crippen LogP contribution in [-0.2, 0) is 14.3 Å². The molecule has 2 aromatic rings. The molecule has 0 aliphatic rings. The third-order valence-electron chi connectivity index (χ3n) is 3.25. The highest BCUT2D eigenvalue weighted by Crippen LogP contribution is 2.31. The van der Waals surface area contributed by atoms with Crippen LogP contribution in [0.3, 0.4) is 0 Å². The van der Waals surface area contributed by atoms with Crippen LogP contribution in [0.15, 0.2) is 22.7 Å². The highest BCUT2D eigenvalue weighted by molar-refractivity contribution is 7.85. The summed E-state index contributed by atoms with van der Waals surface area (Å²) in [5.74, 6) is -0.360. The Morgan fingerprint density at radius 3 is 2.81 bits per heavy atom. The van der Waals surface area contributed by atoms with Gasteiger partial charge in [-0.1, -0.05) is 18.5 Å². The minimum absolute atomic E-state index is 0.0171. The number of benzene rings is 1. The molecule has 0 fully saturated rings. The van der Waals surface area contributed by atoms with E-state index in [9.17, 15) is 12.8 Å². The smallest absolute Gasteiger partial charge is 0.264 e. The van der Waals surface area contributed by atoms with Gasteiger partial charge in [0.15, 0.2) is 5.58 Å². The van der Waals surface area contributed by atoms with Crippen molar-refractivity contribution in [2.24, 2.45) is 0 Å². The average Bonchev–Trinajstić information content (AvgIpc) is 2.79. The van der Waals surface area contributed by atoms with Crippen molar-refractivity contribution < 1.29 is 21.5 Å². The van der Waals surface area contributed by atoms with E-state index in [0.29, 0.717) is 12.0 Å². The molecule has 116 valence electrons. The number of rotatable bonds is 7. The molecule has 1 unspecified atom stereocenters. The molecule has 0 bridgehead atoms. The van der Waals surface area contributed by atoms with Crippen molar-refractivity contribution in [3.63, 3.8) is 0 Å². The number of hydrogen-bond donors (Lipinski definition) is 0. The summed E-state index contributed by atoms with van der Waals surface area (Å²) in [7, 11) is -3.45. The van der Waals surface area contributed by atoms with Gasteiger partial charge in [-0.25, -0.2) is 4.39 Å². The molecule has 1 aromatic heterocycles. The van der Waals surface area contributed by atoms with E-state index in [2.05, 4.69) is 5.16 Å². The maximum absolute atomic E-state index is 13.2. The fourth-order valence-corrected chi connectivity index (χ4v) is 2.73. The SMILES string of the molecule is CCCC(CCOS(C)(=O)=O)c1noc2cc(F)ccc12.